The number of carbonyl (C=O) groups is 1. The van der Waals surface area contributed by atoms with Gasteiger partial charge in [0.1, 0.15) is 0 Å². The van der Waals surface area contributed by atoms with E-state index in [9.17, 15) is 4.79 Å². The summed E-state index contributed by atoms with van der Waals surface area (Å²) < 4.78 is 0. The zero-order chi connectivity index (χ0) is 15.8. The van der Waals surface area contributed by atoms with Crippen molar-refractivity contribution < 1.29 is 4.79 Å². The van der Waals surface area contributed by atoms with Gasteiger partial charge in [-0.25, -0.2) is 0 Å². The first-order chi connectivity index (χ1) is 10.7. The minimum atomic E-state index is 0.0535. The molecule has 0 bridgehead atoms. The van der Waals surface area contributed by atoms with Gasteiger partial charge in [-0.3, -0.25) is 9.69 Å². The van der Waals surface area contributed by atoms with Gasteiger partial charge < -0.3 is 15.5 Å². The van der Waals surface area contributed by atoms with Crippen molar-refractivity contribution in [3.8, 4) is 0 Å². The molecule has 2 N–H and O–H groups in total. The monoisotopic (exact) mass is 304 g/mol. The largest absolute Gasteiger partial charge is 0.326 e. The molecule has 22 heavy (non-hydrogen) atoms. The number of amides is 1. The molecule has 0 aliphatic carbocycles. The molecule has 0 atom stereocenters. The Kier molecular flexibility index (Phi) is 6.83. The summed E-state index contributed by atoms with van der Waals surface area (Å²) in [5.74, 6) is 0.0535. The van der Waals surface area contributed by atoms with Crippen LogP contribution in [-0.4, -0.2) is 62.0 Å². The standard InChI is InChI=1S/C17H28N4O/c1-3-20-10-12-21(13-11-20)14-15-4-6-16(7-5-15)19-17(22)8-9-18-2/h4-7,18H,3,8-14H2,1-2H3,(H,19,22). The summed E-state index contributed by atoms with van der Waals surface area (Å²) in [6, 6.07) is 8.21. The molecule has 122 valence electrons. The lowest BCUT2D eigenvalue weighted by molar-refractivity contribution is -0.116. The van der Waals surface area contributed by atoms with E-state index < -0.39 is 0 Å². The molecule has 1 fully saturated rings. The van der Waals surface area contributed by atoms with E-state index in [0.29, 0.717) is 13.0 Å². The van der Waals surface area contributed by atoms with Crippen molar-refractivity contribution in [1.29, 1.82) is 0 Å². The van der Waals surface area contributed by atoms with Gasteiger partial charge >= 0.3 is 0 Å². The first-order valence-electron chi connectivity index (χ1n) is 8.19. The van der Waals surface area contributed by atoms with Crippen molar-refractivity contribution in [2.45, 2.75) is 19.9 Å². The Morgan fingerprint density at radius 2 is 1.73 bits per heavy atom. The lowest BCUT2D eigenvalue weighted by atomic mass is 10.1. The summed E-state index contributed by atoms with van der Waals surface area (Å²) >= 11 is 0. The second-order valence-electron chi connectivity index (χ2n) is 5.81. The smallest absolute Gasteiger partial charge is 0.225 e. The van der Waals surface area contributed by atoms with E-state index in [1.54, 1.807) is 0 Å². The number of piperazine rings is 1. The lowest BCUT2D eigenvalue weighted by Gasteiger charge is -2.34. The normalized spacial score (nSPS) is 16.6. The van der Waals surface area contributed by atoms with Crippen LogP contribution in [0, 0.1) is 0 Å². The highest BCUT2D eigenvalue weighted by molar-refractivity contribution is 5.90. The molecule has 1 saturated heterocycles. The van der Waals surface area contributed by atoms with Crippen molar-refractivity contribution in [3.05, 3.63) is 29.8 Å². The van der Waals surface area contributed by atoms with E-state index in [1.165, 1.54) is 5.56 Å². The van der Waals surface area contributed by atoms with E-state index in [2.05, 4.69) is 39.5 Å². The molecular weight excluding hydrogens is 276 g/mol. The Labute approximate surface area is 133 Å². The second kappa shape index (κ2) is 8.88. The predicted octanol–water partition coefficient (Wildman–Crippen LogP) is 1.37. The summed E-state index contributed by atoms with van der Waals surface area (Å²) in [6.45, 7) is 9.66. The summed E-state index contributed by atoms with van der Waals surface area (Å²) in [5, 5.41) is 5.90. The number of carbonyl (C=O) groups excluding carboxylic acids is 1. The molecule has 2 rings (SSSR count). The van der Waals surface area contributed by atoms with Gasteiger partial charge in [-0.15, -0.1) is 0 Å². The minimum Gasteiger partial charge on any atom is -0.326 e. The quantitative estimate of drug-likeness (QED) is 0.799. The number of benzene rings is 1. The first kappa shape index (κ1) is 16.9. The van der Waals surface area contributed by atoms with E-state index >= 15 is 0 Å². The molecule has 0 radical (unpaired) electrons. The van der Waals surface area contributed by atoms with E-state index in [0.717, 1.165) is 45.0 Å². The van der Waals surface area contributed by atoms with Gasteiger partial charge in [-0.2, -0.15) is 0 Å². The molecule has 0 aromatic heterocycles. The van der Waals surface area contributed by atoms with Crippen molar-refractivity contribution >= 4 is 11.6 Å². The van der Waals surface area contributed by atoms with Crippen LogP contribution in [-0.2, 0) is 11.3 Å². The van der Waals surface area contributed by atoms with Crippen LogP contribution in [0.4, 0.5) is 5.69 Å². The Morgan fingerprint density at radius 3 is 2.32 bits per heavy atom. The van der Waals surface area contributed by atoms with E-state index in [4.69, 9.17) is 0 Å². The molecular formula is C17H28N4O. The predicted molar refractivity (Wildman–Crippen MR) is 91.0 cm³/mol. The van der Waals surface area contributed by atoms with Gasteiger partial charge in [0.2, 0.25) is 5.91 Å². The van der Waals surface area contributed by atoms with Crippen LogP contribution in [0.3, 0.4) is 0 Å². The van der Waals surface area contributed by atoms with Gasteiger partial charge in [0, 0.05) is 51.4 Å². The molecule has 0 spiro atoms. The number of nitrogens with zero attached hydrogens (tertiary/aromatic N) is 2. The molecule has 1 aromatic rings. The third kappa shape index (κ3) is 5.40. The van der Waals surface area contributed by atoms with Crippen molar-refractivity contribution in [2.24, 2.45) is 0 Å². The van der Waals surface area contributed by atoms with Crippen molar-refractivity contribution in [2.75, 3.05) is 51.6 Å². The average Bonchev–Trinajstić information content (AvgIpc) is 2.55. The fourth-order valence-electron chi connectivity index (χ4n) is 2.68. The highest BCUT2D eigenvalue weighted by Crippen LogP contribution is 2.13. The molecule has 1 aromatic carbocycles. The fraction of sp³-hybridized carbons (Fsp3) is 0.588. The molecule has 5 nitrogen and oxygen atoms in total. The fourth-order valence-corrected chi connectivity index (χ4v) is 2.68. The van der Waals surface area contributed by atoms with Crippen LogP contribution in [0.15, 0.2) is 24.3 Å². The van der Waals surface area contributed by atoms with Crippen molar-refractivity contribution in [3.63, 3.8) is 0 Å². The molecule has 1 aliphatic heterocycles. The Morgan fingerprint density at radius 1 is 1.09 bits per heavy atom. The third-order valence-electron chi connectivity index (χ3n) is 4.16. The zero-order valence-electron chi connectivity index (χ0n) is 13.8. The minimum absolute atomic E-state index is 0.0535. The molecule has 0 unspecified atom stereocenters. The molecule has 5 heteroatoms. The van der Waals surface area contributed by atoms with Gasteiger partial charge in [0.15, 0.2) is 0 Å². The second-order valence-corrected chi connectivity index (χ2v) is 5.81. The molecule has 0 saturated carbocycles. The molecule has 1 heterocycles. The topological polar surface area (TPSA) is 47.6 Å². The van der Waals surface area contributed by atoms with Crippen LogP contribution >= 0.6 is 0 Å². The Bertz CT molecular complexity index is 452. The summed E-state index contributed by atoms with van der Waals surface area (Å²) in [6.07, 6.45) is 0.500. The summed E-state index contributed by atoms with van der Waals surface area (Å²) in [4.78, 5) is 16.6. The van der Waals surface area contributed by atoms with Crippen LogP contribution in [0.25, 0.3) is 0 Å². The Balaban J connectivity index is 1.78. The number of likely N-dealkylation sites (N-methyl/N-ethyl adjacent to an activating group) is 1. The number of hydrogen-bond acceptors (Lipinski definition) is 4. The number of nitrogens with one attached hydrogen (secondary N) is 2. The first-order valence-corrected chi connectivity index (χ1v) is 8.19. The number of rotatable bonds is 7. The highest BCUT2D eigenvalue weighted by Gasteiger charge is 2.15. The molecule has 1 aliphatic rings. The van der Waals surface area contributed by atoms with E-state index in [-0.39, 0.29) is 5.91 Å². The summed E-state index contributed by atoms with van der Waals surface area (Å²) in [5.41, 5.74) is 2.18. The Hall–Kier alpha value is -1.43. The maximum absolute atomic E-state index is 11.7. The summed E-state index contributed by atoms with van der Waals surface area (Å²) in [7, 11) is 1.85. The number of anilines is 1. The molecule has 1 amide bonds. The van der Waals surface area contributed by atoms with Crippen LogP contribution in [0.5, 0.6) is 0 Å². The highest BCUT2D eigenvalue weighted by atomic mass is 16.1. The van der Waals surface area contributed by atoms with Crippen molar-refractivity contribution in [1.82, 2.24) is 15.1 Å². The van der Waals surface area contributed by atoms with Crippen LogP contribution in [0.1, 0.15) is 18.9 Å². The third-order valence-corrected chi connectivity index (χ3v) is 4.16. The lowest BCUT2D eigenvalue weighted by Crippen LogP contribution is -2.45. The SMILES string of the molecule is CCN1CCN(Cc2ccc(NC(=O)CCNC)cc2)CC1. The maximum Gasteiger partial charge on any atom is 0.225 e. The van der Waals surface area contributed by atoms with Crippen LogP contribution < -0.4 is 10.6 Å². The zero-order valence-corrected chi connectivity index (χ0v) is 13.8. The van der Waals surface area contributed by atoms with E-state index in [1.807, 2.05) is 19.2 Å². The maximum atomic E-state index is 11.7. The van der Waals surface area contributed by atoms with Gasteiger partial charge in [0.05, 0.1) is 0 Å². The van der Waals surface area contributed by atoms with Gasteiger partial charge in [-0.1, -0.05) is 19.1 Å². The van der Waals surface area contributed by atoms with Gasteiger partial charge in [0.25, 0.3) is 0 Å². The van der Waals surface area contributed by atoms with Crippen LogP contribution in [0.2, 0.25) is 0 Å². The average molecular weight is 304 g/mol. The van der Waals surface area contributed by atoms with Gasteiger partial charge in [-0.05, 0) is 31.3 Å². The number of hydrogen-bond donors (Lipinski definition) is 2.